The topological polar surface area (TPSA) is 75.1 Å². The number of amidine groups is 1. The summed E-state index contributed by atoms with van der Waals surface area (Å²) in [4.78, 5) is 8.29. The van der Waals surface area contributed by atoms with E-state index in [0.29, 0.717) is 28.3 Å². The molecule has 2 heterocycles. The highest BCUT2D eigenvalue weighted by Crippen LogP contribution is 2.41. The molecule has 0 fully saturated rings. The van der Waals surface area contributed by atoms with Crippen molar-refractivity contribution in [2.45, 2.75) is 72.6 Å². The van der Waals surface area contributed by atoms with Crippen LogP contribution in [0.1, 0.15) is 90.2 Å². The lowest BCUT2D eigenvalue weighted by molar-refractivity contribution is 0.515. The summed E-state index contributed by atoms with van der Waals surface area (Å²) >= 11 is 1.47. The standard InChI is InChI=1S/C20H18F2N4S.3C2H6/c1-20(2)9-18(26-19(24)27-20)14-7-12(3-5-15(14)21)8-16(22)17-6-4-13(10-23)11-25-17;3*1-2/h3-8,11,18H,9H2,1-2H3,(H2,24,26);3*1-2H3/b16-8-;;;. The van der Waals surface area contributed by atoms with E-state index < -0.39 is 17.7 Å². The highest BCUT2D eigenvalue weighted by Gasteiger charge is 2.32. The van der Waals surface area contributed by atoms with Gasteiger partial charge >= 0.3 is 0 Å². The number of aliphatic imine (C=N–C) groups is 1. The fraction of sp³-hybridized carbons (Fsp3) is 0.423. The van der Waals surface area contributed by atoms with E-state index in [4.69, 9.17) is 11.0 Å². The normalized spacial score (nSPS) is 16.3. The van der Waals surface area contributed by atoms with Gasteiger partial charge in [0, 0.05) is 16.5 Å². The van der Waals surface area contributed by atoms with Crippen molar-refractivity contribution in [1.82, 2.24) is 4.98 Å². The van der Waals surface area contributed by atoms with Crippen molar-refractivity contribution in [3.05, 3.63) is 64.7 Å². The van der Waals surface area contributed by atoms with E-state index in [1.165, 1.54) is 48.3 Å². The zero-order valence-corrected chi connectivity index (χ0v) is 21.7. The predicted molar refractivity (Wildman–Crippen MR) is 139 cm³/mol. The van der Waals surface area contributed by atoms with Gasteiger partial charge in [0.1, 0.15) is 17.7 Å². The Morgan fingerprint density at radius 3 is 2.30 bits per heavy atom. The van der Waals surface area contributed by atoms with Crippen LogP contribution >= 0.6 is 11.8 Å². The SMILES string of the molecule is CC.CC.CC.CC1(C)CC(c2cc(/C=C(\F)c3ccc(C#N)cn3)ccc2F)N=C(N)S1. The third kappa shape index (κ3) is 9.35. The summed E-state index contributed by atoms with van der Waals surface area (Å²) in [5, 5.41) is 9.20. The summed E-state index contributed by atoms with van der Waals surface area (Å²) in [6.45, 7) is 16.1. The van der Waals surface area contributed by atoms with Crippen LogP contribution in [0.3, 0.4) is 0 Å². The van der Waals surface area contributed by atoms with Crippen molar-refractivity contribution < 1.29 is 8.78 Å². The minimum Gasteiger partial charge on any atom is -0.379 e. The lowest BCUT2D eigenvalue weighted by Crippen LogP contribution is -2.29. The molecule has 1 unspecified atom stereocenters. The van der Waals surface area contributed by atoms with Gasteiger partial charge in [-0.05, 0) is 42.3 Å². The Morgan fingerprint density at radius 1 is 1.15 bits per heavy atom. The largest absolute Gasteiger partial charge is 0.379 e. The number of rotatable bonds is 3. The molecular weight excluding hydrogens is 438 g/mol. The summed E-state index contributed by atoms with van der Waals surface area (Å²) in [6, 6.07) is 8.84. The van der Waals surface area contributed by atoms with Crippen LogP contribution in [0.2, 0.25) is 0 Å². The molecule has 1 aliphatic rings. The number of hydrogen-bond acceptors (Lipinski definition) is 5. The molecule has 0 amide bonds. The number of hydrogen-bond donors (Lipinski definition) is 1. The zero-order chi connectivity index (χ0) is 25.6. The second kappa shape index (κ2) is 15.2. The molecule has 0 saturated carbocycles. The van der Waals surface area contributed by atoms with Gasteiger partial charge in [0.2, 0.25) is 0 Å². The predicted octanol–water partition coefficient (Wildman–Crippen LogP) is 7.91. The Morgan fingerprint density at radius 2 is 1.79 bits per heavy atom. The average molecular weight is 475 g/mol. The first-order valence-electron chi connectivity index (χ1n) is 11.3. The molecule has 0 saturated heterocycles. The molecule has 4 nitrogen and oxygen atoms in total. The molecule has 33 heavy (non-hydrogen) atoms. The Balaban J connectivity index is 0.00000158. The van der Waals surface area contributed by atoms with E-state index in [9.17, 15) is 8.78 Å². The molecule has 0 spiro atoms. The van der Waals surface area contributed by atoms with Gasteiger partial charge in [-0.2, -0.15) is 5.26 Å². The summed E-state index contributed by atoms with van der Waals surface area (Å²) in [6.07, 6.45) is 3.22. The molecule has 1 aromatic heterocycles. The van der Waals surface area contributed by atoms with Gasteiger partial charge in [0.05, 0.1) is 17.3 Å². The number of thioether (sulfide) groups is 1. The van der Waals surface area contributed by atoms with Crippen molar-refractivity contribution in [3.63, 3.8) is 0 Å². The number of pyridine rings is 1. The Kier molecular flexibility index (Phi) is 13.9. The zero-order valence-electron chi connectivity index (χ0n) is 20.9. The number of nitrogens with zero attached hydrogens (tertiary/aromatic N) is 3. The van der Waals surface area contributed by atoms with Crippen molar-refractivity contribution >= 4 is 28.8 Å². The number of nitrogens with two attached hydrogens (primary N) is 1. The highest BCUT2D eigenvalue weighted by atomic mass is 32.2. The number of halogens is 2. The van der Waals surface area contributed by atoms with Crippen molar-refractivity contribution in [2.75, 3.05) is 0 Å². The van der Waals surface area contributed by atoms with Crippen molar-refractivity contribution in [3.8, 4) is 6.07 Å². The van der Waals surface area contributed by atoms with E-state index >= 15 is 0 Å². The summed E-state index contributed by atoms with van der Waals surface area (Å²) < 4.78 is 28.7. The minimum absolute atomic E-state index is 0.109. The molecule has 1 aromatic carbocycles. The van der Waals surface area contributed by atoms with Crippen LogP contribution in [0.25, 0.3) is 11.9 Å². The first-order valence-corrected chi connectivity index (χ1v) is 12.1. The van der Waals surface area contributed by atoms with Crippen molar-refractivity contribution in [2.24, 2.45) is 10.7 Å². The van der Waals surface area contributed by atoms with Crippen LogP contribution in [0.15, 0.2) is 41.5 Å². The Bertz CT molecular complexity index is 961. The smallest absolute Gasteiger partial charge is 0.155 e. The molecule has 2 N–H and O–H groups in total. The highest BCUT2D eigenvalue weighted by molar-refractivity contribution is 8.15. The van der Waals surface area contributed by atoms with Crippen LogP contribution in [0.4, 0.5) is 8.78 Å². The fourth-order valence-corrected chi connectivity index (χ4v) is 3.91. The molecule has 2 aromatic rings. The number of aromatic nitrogens is 1. The minimum atomic E-state index is -0.570. The van der Waals surface area contributed by atoms with Crippen LogP contribution < -0.4 is 5.73 Å². The third-order valence-electron chi connectivity index (χ3n) is 4.16. The van der Waals surface area contributed by atoms with Crippen LogP contribution in [0.5, 0.6) is 0 Å². The first kappa shape index (κ1) is 30.3. The third-order valence-corrected chi connectivity index (χ3v) is 5.19. The van der Waals surface area contributed by atoms with E-state index in [-0.39, 0.29) is 10.4 Å². The maximum Gasteiger partial charge on any atom is 0.155 e. The second-order valence-corrected chi connectivity index (χ2v) is 8.59. The maximum absolute atomic E-state index is 14.5. The molecule has 180 valence electrons. The van der Waals surface area contributed by atoms with Crippen LogP contribution in [-0.4, -0.2) is 14.9 Å². The Hall–Kier alpha value is -2.72. The second-order valence-electron chi connectivity index (χ2n) is 6.87. The lowest BCUT2D eigenvalue weighted by atomic mass is 9.94. The molecular formula is C26H36F2N4S. The lowest BCUT2D eigenvalue weighted by Gasteiger charge is -2.32. The van der Waals surface area contributed by atoms with Gasteiger partial charge in [0.15, 0.2) is 5.17 Å². The fourth-order valence-electron chi connectivity index (χ4n) is 2.92. The van der Waals surface area contributed by atoms with E-state index in [1.807, 2.05) is 61.5 Å². The number of nitriles is 1. The van der Waals surface area contributed by atoms with E-state index in [2.05, 4.69) is 9.98 Å². The molecule has 0 aliphatic carbocycles. The quantitative estimate of drug-likeness (QED) is 0.490. The van der Waals surface area contributed by atoms with E-state index in [1.54, 1.807) is 6.07 Å². The number of benzene rings is 1. The molecule has 3 rings (SSSR count). The van der Waals surface area contributed by atoms with Gasteiger partial charge in [-0.3, -0.25) is 9.98 Å². The van der Waals surface area contributed by atoms with Crippen LogP contribution in [-0.2, 0) is 0 Å². The molecule has 0 radical (unpaired) electrons. The van der Waals surface area contributed by atoms with Gasteiger partial charge in [0.25, 0.3) is 0 Å². The van der Waals surface area contributed by atoms with Crippen molar-refractivity contribution in [1.29, 1.82) is 5.26 Å². The summed E-state index contributed by atoms with van der Waals surface area (Å²) in [5.41, 5.74) is 7.24. The summed E-state index contributed by atoms with van der Waals surface area (Å²) in [7, 11) is 0. The van der Waals surface area contributed by atoms with Crippen LogP contribution in [0, 0.1) is 17.1 Å². The summed E-state index contributed by atoms with van der Waals surface area (Å²) in [5.74, 6) is -0.965. The molecule has 1 atom stereocenters. The first-order chi connectivity index (χ1) is 15.8. The Labute approximate surface area is 202 Å². The molecule has 7 heteroatoms. The monoisotopic (exact) mass is 474 g/mol. The maximum atomic E-state index is 14.5. The van der Waals surface area contributed by atoms with E-state index in [0.717, 1.165) is 0 Å². The van der Waals surface area contributed by atoms with Gasteiger partial charge < -0.3 is 5.73 Å². The van der Waals surface area contributed by atoms with Gasteiger partial charge in [-0.25, -0.2) is 8.78 Å². The molecule has 0 bridgehead atoms. The average Bonchev–Trinajstić information content (AvgIpc) is 2.83. The van der Waals surface area contributed by atoms with Gasteiger partial charge in [-0.15, -0.1) is 0 Å². The molecule has 1 aliphatic heterocycles. The van der Waals surface area contributed by atoms with Gasteiger partial charge in [-0.1, -0.05) is 73.2 Å².